The maximum Gasteiger partial charge on any atom is 0.317 e. The smallest absolute Gasteiger partial charge is 0.317 e. The summed E-state index contributed by atoms with van der Waals surface area (Å²) >= 11 is 0. The Morgan fingerprint density at radius 1 is 1.18 bits per heavy atom. The molecule has 28 heavy (non-hydrogen) atoms. The first-order valence-electron chi connectivity index (χ1n) is 9.26. The van der Waals surface area contributed by atoms with Crippen LogP contribution >= 0.6 is 0 Å². The Morgan fingerprint density at radius 3 is 2.46 bits per heavy atom. The van der Waals surface area contributed by atoms with E-state index in [0.717, 1.165) is 11.3 Å². The first-order chi connectivity index (χ1) is 13.4. The van der Waals surface area contributed by atoms with Gasteiger partial charge in [-0.3, -0.25) is 19.3 Å². The standard InChI is InChI=1S/C19H27N3O6/c1-2-28-16-5-3-14(4-6-16)9-15(20-10-18(24)25)11-22-8-7-21(12-17(22)23)13-19(26)27/h3-6,15,20H,2,7-13H2,1H3,(H,24,25)(H,26,27). The van der Waals surface area contributed by atoms with Gasteiger partial charge >= 0.3 is 11.9 Å². The molecule has 1 aromatic carbocycles. The Balaban J connectivity index is 1.97. The second kappa shape index (κ2) is 10.6. The minimum Gasteiger partial charge on any atom is -0.494 e. The fourth-order valence-corrected chi connectivity index (χ4v) is 3.15. The van der Waals surface area contributed by atoms with Crippen molar-refractivity contribution in [3.63, 3.8) is 0 Å². The zero-order valence-electron chi connectivity index (χ0n) is 16.0. The molecule has 0 bridgehead atoms. The molecule has 2 rings (SSSR count). The number of aliphatic carboxylic acids is 2. The number of rotatable bonds is 11. The van der Waals surface area contributed by atoms with Crippen molar-refractivity contribution < 1.29 is 29.3 Å². The number of benzene rings is 1. The van der Waals surface area contributed by atoms with Crippen LogP contribution in [-0.2, 0) is 20.8 Å². The van der Waals surface area contributed by atoms with Crippen LogP contribution in [0.25, 0.3) is 0 Å². The zero-order chi connectivity index (χ0) is 20.5. The van der Waals surface area contributed by atoms with E-state index in [2.05, 4.69) is 5.32 Å². The molecule has 3 N–H and O–H groups in total. The molecule has 9 nitrogen and oxygen atoms in total. The van der Waals surface area contributed by atoms with Crippen LogP contribution in [-0.4, -0.2) is 89.8 Å². The van der Waals surface area contributed by atoms with Crippen molar-refractivity contribution in [1.29, 1.82) is 0 Å². The highest BCUT2D eigenvalue weighted by atomic mass is 16.5. The Kier molecular flexibility index (Phi) is 8.21. The predicted octanol–water partition coefficient (Wildman–Crippen LogP) is -0.101. The number of hydrogen-bond acceptors (Lipinski definition) is 6. The molecule has 9 heteroatoms. The molecule has 0 aliphatic carbocycles. The minimum atomic E-state index is -0.964. The molecule has 1 atom stereocenters. The van der Waals surface area contributed by atoms with Gasteiger partial charge in [0.25, 0.3) is 0 Å². The summed E-state index contributed by atoms with van der Waals surface area (Å²) in [5.41, 5.74) is 1.00. The third-order valence-corrected chi connectivity index (χ3v) is 4.46. The lowest BCUT2D eigenvalue weighted by Gasteiger charge is -2.35. The minimum absolute atomic E-state index is 0.0566. The molecule has 0 aromatic heterocycles. The highest BCUT2D eigenvalue weighted by molar-refractivity contribution is 5.80. The number of carboxylic acids is 2. The van der Waals surface area contributed by atoms with Gasteiger partial charge in [0, 0.05) is 25.7 Å². The van der Waals surface area contributed by atoms with E-state index in [1.165, 1.54) is 0 Å². The Morgan fingerprint density at radius 2 is 1.89 bits per heavy atom. The van der Waals surface area contributed by atoms with Crippen molar-refractivity contribution >= 4 is 17.8 Å². The number of nitrogens with zero attached hydrogens (tertiary/aromatic N) is 2. The first-order valence-corrected chi connectivity index (χ1v) is 9.26. The van der Waals surface area contributed by atoms with Crippen molar-refractivity contribution in [2.45, 2.75) is 19.4 Å². The van der Waals surface area contributed by atoms with E-state index in [4.69, 9.17) is 14.9 Å². The highest BCUT2D eigenvalue weighted by Gasteiger charge is 2.27. The van der Waals surface area contributed by atoms with Gasteiger partial charge in [0.15, 0.2) is 0 Å². The van der Waals surface area contributed by atoms with Crippen LogP contribution in [0.4, 0.5) is 0 Å². The quantitative estimate of drug-likeness (QED) is 0.477. The second-order valence-electron chi connectivity index (χ2n) is 6.70. The summed E-state index contributed by atoms with van der Waals surface area (Å²) in [7, 11) is 0. The zero-order valence-corrected chi connectivity index (χ0v) is 16.0. The summed E-state index contributed by atoms with van der Waals surface area (Å²) in [4.78, 5) is 37.4. The summed E-state index contributed by atoms with van der Waals surface area (Å²) in [5.74, 6) is -1.31. The summed E-state index contributed by atoms with van der Waals surface area (Å²) in [6.45, 7) is 3.45. The fraction of sp³-hybridized carbons (Fsp3) is 0.526. The van der Waals surface area contributed by atoms with E-state index < -0.39 is 11.9 Å². The molecule has 0 radical (unpaired) electrons. The molecule has 0 saturated carbocycles. The second-order valence-corrected chi connectivity index (χ2v) is 6.70. The van der Waals surface area contributed by atoms with Gasteiger partial charge in [-0.1, -0.05) is 12.1 Å². The van der Waals surface area contributed by atoms with Crippen molar-refractivity contribution in [3.8, 4) is 5.75 Å². The average Bonchev–Trinajstić information content (AvgIpc) is 2.63. The van der Waals surface area contributed by atoms with Gasteiger partial charge in [0.05, 0.1) is 26.2 Å². The van der Waals surface area contributed by atoms with Gasteiger partial charge in [0.1, 0.15) is 5.75 Å². The van der Waals surface area contributed by atoms with Gasteiger partial charge in [-0.25, -0.2) is 0 Å². The molecule has 1 aromatic rings. The fourth-order valence-electron chi connectivity index (χ4n) is 3.15. The maximum atomic E-state index is 12.4. The SMILES string of the molecule is CCOc1ccc(CC(CN2CCN(CC(=O)O)CC2=O)NCC(=O)O)cc1. The number of amides is 1. The number of nitrogens with one attached hydrogen (secondary N) is 1. The molecule has 1 fully saturated rings. The number of ether oxygens (including phenoxy) is 1. The number of piperazine rings is 1. The molecule has 1 aliphatic heterocycles. The van der Waals surface area contributed by atoms with E-state index >= 15 is 0 Å². The van der Waals surface area contributed by atoms with Gasteiger partial charge in [0.2, 0.25) is 5.91 Å². The van der Waals surface area contributed by atoms with Crippen molar-refractivity contribution in [1.82, 2.24) is 15.1 Å². The molecule has 1 heterocycles. The number of hydrogen-bond donors (Lipinski definition) is 3. The molecular weight excluding hydrogens is 366 g/mol. The summed E-state index contributed by atoms with van der Waals surface area (Å²) in [5, 5.41) is 20.8. The van der Waals surface area contributed by atoms with Crippen LogP contribution in [0.5, 0.6) is 5.75 Å². The summed E-state index contributed by atoms with van der Waals surface area (Å²) in [6, 6.07) is 7.34. The van der Waals surface area contributed by atoms with Crippen LogP contribution < -0.4 is 10.1 Å². The van der Waals surface area contributed by atoms with Crippen molar-refractivity contribution in [2.24, 2.45) is 0 Å². The third kappa shape index (κ3) is 7.16. The third-order valence-electron chi connectivity index (χ3n) is 4.46. The molecule has 1 saturated heterocycles. The van der Waals surface area contributed by atoms with Crippen LogP contribution in [0.3, 0.4) is 0 Å². The van der Waals surface area contributed by atoms with Gasteiger partial charge in [-0.15, -0.1) is 0 Å². The maximum absolute atomic E-state index is 12.4. The molecule has 1 unspecified atom stereocenters. The van der Waals surface area contributed by atoms with Crippen LogP contribution in [0.15, 0.2) is 24.3 Å². The molecular formula is C19H27N3O6. The number of carbonyl (C=O) groups excluding carboxylic acids is 1. The first kappa shape index (κ1) is 21.6. The number of carboxylic acid groups (broad SMARTS) is 2. The number of carbonyl (C=O) groups is 3. The van der Waals surface area contributed by atoms with E-state index in [-0.39, 0.29) is 31.6 Å². The predicted molar refractivity (Wildman–Crippen MR) is 101 cm³/mol. The summed E-state index contributed by atoms with van der Waals surface area (Å²) in [6.07, 6.45) is 0.558. The molecule has 154 valence electrons. The van der Waals surface area contributed by atoms with Gasteiger partial charge < -0.3 is 25.2 Å². The van der Waals surface area contributed by atoms with Crippen LogP contribution in [0, 0.1) is 0 Å². The lowest BCUT2D eigenvalue weighted by Crippen LogP contribution is -2.55. The lowest BCUT2D eigenvalue weighted by molar-refractivity contribution is -0.142. The van der Waals surface area contributed by atoms with Gasteiger partial charge in [-0.05, 0) is 31.0 Å². The summed E-state index contributed by atoms with van der Waals surface area (Å²) < 4.78 is 5.43. The van der Waals surface area contributed by atoms with Crippen LogP contribution in [0.2, 0.25) is 0 Å². The Labute approximate surface area is 163 Å². The molecule has 0 spiro atoms. The molecule has 1 aliphatic rings. The largest absolute Gasteiger partial charge is 0.494 e. The lowest BCUT2D eigenvalue weighted by atomic mass is 10.0. The van der Waals surface area contributed by atoms with Crippen LogP contribution in [0.1, 0.15) is 12.5 Å². The van der Waals surface area contributed by atoms with E-state index in [9.17, 15) is 14.4 Å². The van der Waals surface area contributed by atoms with Crippen molar-refractivity contribution in [2.75, 3.05) is 45.9 Å². The van der Waals surface area contributed by atoms with Crippen molar-refractivity contribution in [3.05, 3.63) is 29.8 Å². The highest BCUT2D eigenvalue weighted by Crippen LogP contribution is 2.14. The van der Waals surface area contributed by atoms with Gasteiger partial charge in [-0.2, -0.15) is 0 Å². The topological polar surface area (TPSA) is 119 Å². The van der Waals surface area contributed by atoms with E-state index in [1.54, 1.807) is 9.80 Å². The Hall–Kier alpha value is -2.65. The average molecular weight is 393 g/mol. The normalized spacial score (nSPS) is 16.0. The Bertz CT molecular complexity index is 679. The monoisotopic (exact) mass is 393 g/mol. The van der Waals surface area contributed by atoms with E-state index in [1.807, 2.05) is 31.2 Å². The van der Waals surface area contributed by atoms with E-state index in [0.29, 0.717) is 32.7 Å². The molecule has 1 amide bonds.